The molecule has 0 aliphatic heterocycles. The summed E-state index contributed by atoms with van der Waals surface area (Å²) in [6.45, 7) is -0.307. The number of carbonyl (C=O) groups is 2. The molecule has 2 aromatic rings. The number of aliphatic carboxylic acids is 1. The van der Waals surface area contributed by atoms with Crippen LogP contribution < -0.4 is 4.74 Å². The zero-order valence-electron chi connectivity index (χ0n) is 11.3. The second-order valence-electron chi connectivity index (χ2n) is 4.52. The molecule has 0 fully saturated rings. The molecular formula is C14H16N2O4. The first-order chi connectivity index (χ1) is 9.52. The monoisotopic (exact) mass is 276 g/mol. The molecule has 1 amide bonds. The highest BCUT2D eigenvalue weighted by Crippen LogP contribution is 2.28. The Labute approximate surface area is 116 Å². The van der Waals surface area contributed by atoms with E-state index in [1.807, 2.05) is 18.2 Å². The molecule has 0 aliphatic carbocycles. The standard InChI is InChI=1S/C14H16N2O4/c1-16(8-13(18)19)12(17)6-9-7-15-10-4-3-5-11(20-2)14(9)10/h3-5,7,15H,6,8H2,1-2H3,(H,18,19). The van der Waals surface area contributed by atoms with Gasteiger partial charge in [-0.15, -0.1) is 0 Å². The van der Waals surface area contributed by atoms with Gasteiger partial charge >= 0.3 is 5.97 Å². The van der Waals surface area contributed by atoms with E-state index < -0.39 is 5.97 Å². The number of aromatic amines is 1. The Bertz CT molecular complexity index is 648. The van der Waals surface area contributed by atoms with Crippen LogP contribution in [-0.4, -0.2) is 47.6 Å². The van der Waals surface area contributed by atoms with Gasteiger partial charge in [-0.2, -0.15) is 0 Å². The SMILES string of the molecule is COc1cccc2[nH]cc(CC(=O)N(C)CC(=O)O)c12. The average molecular weight is 276 g/mol. The van der Waals surface area contributed by atoms with Crippen molar-refractivity contribution in [1.82, 2.24) is 9.88 Å². The number of carboxylic acids is 1. The molecule has 0 spiro atoms. The van der Waals surface area contributed by atoms with E-state index in [4.69, 9.17) is 9.84 Å². The van der Waals surface area contributed by atoms with Crippen molar-refractivity contribution in [2.75, 3.05) is 20.7 Å². The molecule has 6 nitrogen and oxygen atoms in total. The van der Waals surface area contributed by atoms with Crippen molar-refractivity contribution in [2.24, 2.45) is 0 Å². The van der Waals surface area contributed by atoms with Crippen molar-refractivity contribution in [3.63, 3.8) is 0 Å². The first-order valence-electron chi connectivity index (χ1n) is 6.11. The molecule has 6 heteroatoms. The zero-order valence-corrected chi connectivity index (χ0v) is 11.3. The fraction of sp³-hybridized carbons (Fsp3) is 0.286. The summed E-state index contributed by atoms with van der Waals surface area (Å²) < 4.78 is 5.29. The van der Waals surface area contributed by atoms with E-state index in [2.05, 4.69) is 4.98 Å². The van der Waals surface area contributed by atoms with Gasteiger partial charge in [0.2, 0.25) is 5.91 Å². The van der Waals surface area contributed by atoms with Gasteiger partial charge in [-0.05, 0) is 17.7 Å². The lowest BCUT2D eigenvalue weighted by Crippen LogP contribution is -2.33. The van der Waals surface area contributed by atoms with Gasteiger partial charge in [0.15, 0.2) is 0 Å². The summed E-state index contributed by atoms with van der Waals surface area (Å²) >= 11 is 0. The number of benzene rings is 1. The van der Waals surface area contributed by atoms with Crippen LogP contribution in [0.25, 0.3) is 10.9 Å². The third kappa shape index (κ3) is 2.74. The second-order valence-corrected chi connectivity index (χ2v) is 4.52. The van der Waals surface area contributed by atoms with Crippen LogP contribution >= 0.6 is 0 Å². The molecule has 0 saturated carbocycles. The number of fused-ring (bicyclic) bond motifs is 1. The lowest BCUT2D eigenvalue weighted by atomic mass is 10.1. The first kappa shape index (κ1) is 13.9. The highest BCUT2D eigenvalue weighted by molar-refractivity contribution is 5.93. The van der Waals surface area contributed by atoms with Gasteiger partial charge in [0.1, 0.15) is 12.3 Å². The molecular weight excluding hydrogens is 260 g/mol. The van der Waals surface area contributed by atoms with Crippen molar-refractivity contribution in [3.8, 4) is 5.75 Å². The van der Waals surface area contributed by atoms with Crippen molar-refractivity contribution >= 4 is 22.8 Å². The summed E-state index contributed by atoms with van der Waals surface area (Å²) in [7, 11) is 3.05. The largest absolute Gasteiger partial charge is 0.496 e. The minimum absolute atomic E-state index is 0.129. The maximum absolute atomic E-state index is 12.0. The number of hydrogen-bond donors (Lipinski definition) is 2. The Kier molecular flexibility index (Phi) is 3.93. The number of aromatic nitrogens is 1. The number of carboxylic acid groups (broad SMARTS) is 1. The summed E-state index contributed by atoms with van der Waals surface area (Å²) in [5.41, 5.74) is 1.67. The predicted octanol–water partition coefficient (Wildman–Crippen LogP) is 1.26. The highest BCUT2D eigenvalue weighted by atomic mass is 16.5. The number of carbonyl (C=O) groups excluding carboxylic acids is 1. The fourth-order valence-electron chi connectivity index (χ4n) is 2.12. The Morgan fingerprint density at radius 3 is 2.80 bits per heavy atom. The molecule has 1 aromatic heterocycles. The predicted molar refractivity (Wildman–Crippen MR) is 73.8 cm³/mol. The van der Waals surface area contributed by atoms with Gasteiger partial charge in [-0.1, -0.05) is 6.07 Å². The van der Waals surface area contributed by atoms with E-state index in [0.29, 0.717) is 5.75 Å². The number of hydrogen-bond acceptors (Lipinski definition) is 3. The number of H-pyrrole nitrogens is 1. The Balaban J connectivity index is 2.26. The van der Waals surface area contributed by atoms with Crippen LogP contribution in [0.15, 0.2) is 24.4 Å². The molecule has 0 aliphatic rings. The molecule has 106 valence electrons. The molecule has 0 unspecified atom stereocenters. The maximum Gasteiger partial charge on any atom is 0.323 e. The van der Waals surface area contributed by atoms with Crippen LogP contribution in [0, 0.1) is 0 Å². The molecule has 0 saturated heterocycles. The summed E-state index contributed by atoms with van der Waals surface area (Å²) in [6.07, 6.45) is 1.88. The lowest BCUT2D eigenvalue weighted by Gasteiger charge is -2.14. The minimum atomic E-state index is -1.03. The van der Waals surface area contributed by atoms with Gasteiger partial charge in [-0.3, -0.25) is 9.59 Å². The Morgan fingerprint density at radius 2 is 2.15 bits per heavy atom. The third-order valence-electron chi connectivity index (χ3n) is 3.11. The van der Waals surface area contributed by atoms with Crippen molar-refractivity contribution in [1.29, 1.82) is 0 Å². The molecule has 0 radical (unpaired) electrons. The second kappa shape index (κ2) is 5.64. The quantitative estimate of drug-likeness (QED) is 0.861. The molecule has 0 bridgehead atoms. The van der Waals surface area contributed by atoms with E-state index in [0.717, 1.165) is 16.5 Å². The highest BCUT2D eigenvalue weighted by Gasteiger charge is 2.16. The van der Waals surface area contributed by atoms with E-state index >= 15 is 0 Å². The van der Waals surface area contributed by atoms with Gasteiger partial charge in [-0.25, -0.2) is 0 Å². The number of likely N-dealkylation sites (N-methyl/N-ethyl adjacent to an activating group) is 1. The van der Waals surface area contributed by atoms with Gasteiger partial charge in [0, 0.05) is 24.1 Å². The van der Waals surface area contributed by atoms with Gasteiger partial charge in [0.25, 0.3) is 0 Å². The van der Waals surface area contributed by atoms with Crippen LogP contribution in [0.4, 0.5) is 0 Å². The van der Waals surface area contributed by atoms with E-state index in [-0.39, 0.29) is 18.9 Å². The van der Waals surface area contributed by atoms with Crippen LogP contribution in [0.1, 0.15) is 5.56 Å². The third-order valence-corrected chi connectivity index (χ3v) is 3.11. The number of nitrogens with zero attached hydrogens (tertiary/aromatic N) is 1. The number of nitrogens with one attached hydrogen (secondary N) is 1. The fourth-order valence-corrected chi connectivity index (χ4v) is 2.12. The molecule has 0 atom stereocenters. The summed E-state index contributed by atoms with van der Waals surface area (Å²) in [5.74, 6) is -0.594. The molecule has 2 N–H and O–H groups in total. The number of amides is 1. The van der Waals surface area contributed by atoms with E-state index in [9.17, 15) is 9.59 Å². The zero-order chi connectivity index (χ0) is 14.7. The van der Waals surface area contributed by atoms with Gasteiger partial charge in [0.05, 0.1) is 13.5 Å². The number of ether oxygens (including phenoxy) is 1. The van der Waals surface area contributed by atoms with Crippen molar-refractivity contribution in [3.05, 3.63) is 30.0 Å². The lowest BCUT2D eigenvalue weighted by molar-refractivity contribution is -0.143. The first-order valence-corrected chi connectivity index (χ1v) is 6.11. The van der Waals surface area contributed by atoms with Crippen LogP contribution in [0.2, 0.25) is 0 Å². The minimum Gasteiger partial charge on any atom is -0.496 e. The summed E-state index contributed by atoms with van der Waals surface area (Å²) in [4.78, 5) is 26.9. The Morgan fingerprint density at radius 1 is 1.40 bits per heavy atom. The molecule has 20 heavy (non-hydrogen) atoms. The number of methoxy groups -OCH3 is 1. The van der Waals surface area contributed by atoms with Crippen LogP contribution in [-0.2, 0) is 16.0 Å². The number of rotatable bonds is 5. The molecule has 2 rings (SSSR count). The molecule has 1 aromatic carbocycles. The van der Waals surface area contributed by atoms with Crippen LogP contribution in [0.3, 0.4) is 0 Å². The summed E-state index contributed by atoms with van der Waals surface area (Å²) in [5, 5.41) is 9.55. The Hall–Kier alpha value is -2.50. The average Bonchev–Trinajstić information content (AvgIpc) is 2.81. The van der Waals surface area contributed by atoms with E-state index in [1.165, 1.54) is 11.9 Å². The van der Waals surface area contributed by atoms with Gasteiger partial charge < -0.3 is 19.7 Å². The topological polar surface area (TPSA) is 82.6 Å². The smallest absolute Gasteiger partial charge is 0.323 e. The maximum atomic E-state index is 12.0. The molecule has 1 heterocycles. The van der Waals surface area contributed by atoms with E-state index in [1.54, 1.807) is 13.3 Å². The summed E-state index contributed by atoms with van der Waals surface area (Å²) in [6, 6.07) is 5.58. The van der Waals surface area contributed by atoms with Crippen molar-refractivity contribution in [2.45, 2.75) is 6.42 Å². The normalized spacial score (nSPS) is 10.5. The van der Waals surface area contributed by atoms with Crippen molar-refractivity contribution < 1.29 is 19.4 Å². The van der Waals surface area contributed by atoms with Crippen LogP contribution in [0.5, 0.6) is 5.75 Å².